The van der Waals surface area contributed by atoms with Crippen molar-refractivity contribution in [3.05, 3.63) is 33.3 Å². The first-order valence-corrected chi connectivity index (χ1v) is 5.95. The summed E-state index contributed by atoms with van der Waals surface area (Å²) in [5.74, 6) is -0.466. The molecule has 3 nitrogen and oxygen atoms in total. The lowest BCUT2D eigenvalue weighted by Gasteiger charge is -2.09. The molecule has 0 saturated carbocycles. The average molecular weight is 318 g/mol. The molecule has 0 fully saturated rings. The highest BCUT2D eigenvalue weighted by Crippen LogP contribution is 2.31. The minimum Gasteiger partial charge on any atom is -0.466 e. The zero-order chi connectivity index (χ0) is 13.7. The summed E-state index contributed by atoms with van der Waals surface area (Å²) in [5.41, 5.74) is -0.0433. The molecule has 18 heavy (non-hydrogen) atoms. The molecule has 1 aromatic carbocycles. The van der Waals surface area contributed by atoms with Gasteiger partial charge in [0.1, 0.15) is 6.07 Å². The van der Waals surface area contributed by atoms with Crippen LogP contribution in [0.3, 0.4) is 0 Å². The molecular weight excluding hydrogens is 308 g/mol. The molecule has 0 atom stereocenters. The van der Waals surface area contributed by atoms with Crippen molar-refractivity contribution in [2.75, 3.05) is 6.61 Å². The summed E-state index contributed by atoms with van der Waals surface area (Å²) < 4.78 is 30.3. The summed E-state index contributed by atoms with van der Waals surface area (Å²) in [7, 11) is 0. The minimum absolute atomic E-state index is 0.0629. The van der Waals surface area contributed by atoms with E-state index in [0.29, 0.717) is 5.56 Å². The highest BCUT2D eigenvalue weighted by atomic mass is 79.9. The number of benzene rings is 1. The van der Waals surface area contributed by atoms with Crippen molar-refractivity contribution in [1.82, 2.24) is 0 Å². The van der Waals surface area contributed by atoms with Gasteiger partial charge in [-0.05, 0) is 28.4 Å². The molecule has 0 radical (unpaired) electrons. The summed E-state index contributed by atoms with van der Waals surface area (Å²) in [6.45, 7) is 1.92. The van der Waals surface area contributed by atoms with Crippen molar-refractivity contribution in [2.24, 2.45) is 0 Å². The molecule has 96 valence electrons. The number of carbonyl (C=O) groups excluding carboxylic acids is 1. The maximum absolute atomic E-state index is 12.6. The topological polar surface area (TPSA) is 50.1 Å². The lowest BCUT2D eigenvalue weighted by molar-refractivity contribution is -0.142. The van der Waals surface area contributed by atoms with Crippen molar-refractivity contribution in [2.45, 2.75) is 19.8 Å². The number of nitriles is 1. The number of nitrogens with zero attached hydrogens (tertiary/aromatic N) is 1. The fraction of sp³-hybridized carbons (Fsp3) is 0.333. The second-order valence-electron chi connectivity index (χ2n) is 3.40. The van der Waals surface area contributed by atoms with Crippen molar-refractivity contribution in [3.63, 3.8) is 0 Å². The maximum atomic E-state index is 12.6. The van der Waals surface area contributed by atoms with Crippen molar-refractivity contribution >= 4 is 21.9 Å². The minimum atomic E-state index is -2.73. The van der Waals surface area contributed by atoms with E-state index in [1.54, 1.807) is 13.0 Å². The molecule has 0 bridgehead atoms. The molecule has 0 aliphatic carbocycles. The Morgan fingerprint density at radius 1 is 1.56 bits per heavy atom. The van der Waals surface area contributed by atoms with E-state index in [9.17, 15) is 13.6 Å². The first kappa shape index (κ1) is 14.6. The molecule has 0 amide bonds. The van der Waals surface area contributed by atoms with E-state index in [-0.39, 0.29) is 28.6 Å². The maximum Gasteiger partial charge on any atom is 0.310 e. The van der Waals surface area contributed by atoms with Gasteiger partial charge in [0.2, 0.25) is 0 Å². The summed E-state index contributed by atoms with van der Waals surface area (Å²) in [6.07, 6.45) is -2.79. The first-order valence-electron chi connectivity index (χ1n) is 5.16. The number of halogens is 3. The van der Waals surface area contributed by atoms with Gasteiger partial charge in [-0.25, -0.2) is 8.78 Å². The van der Waals surface area contributed by atoms with Crippen molar-refractivity contribution in [3.8, 4) is 6.07 Å². The fourth-order valence-electron chi connectivity index (χ4n) is 1.43. The molecule has 0 aromatic heterocycles. The first-order chi connectivity index (χ1) is 8.51. The van der Waals surface area contributed by atoms with E-state index in [4.69, 9.17) is 10.00 Å². The zero-order valence-electron chi connectivity index (χ0n) is 9.54. The second kappa shape index (κ2) is 6.45. The lowest BCUT2D eigenvalue weighted by atomic mass is 10.0. The summed E-state index contributed by atoms with van der Waals surface area (Å²) in [4.78, 5) is 11.3. The Morgan fingerprint density at radius 2 is 2.22 bits per heavy atom. The monoisotopic (exact) mass is 317 g/mol. The number of hydrogen-bond acceptors (Lipinski definition) is 3. The molecule has 0 spiro atoms. The fourth-order valence-corrected chi connectivity index (χ4v) is 2.02. The molecule has 1 rings (SSSR count). The molecule has 0 aliphatic rings. The Morgan fingerprint density at radius 3 is 2.72 bits per heavy atom. The van der Waals surface area contributed by atoms with Gasteiger partial charge in [0.15, 0.2) is 0 Å². The highest BCUT2D eigenvalue weighted by Gasteiger charge is 2.19. The second-order valence-corrected chi connectivity index (χ2v) is 4.19. The molecule has 0 saturated heterocycles. The van der Waals surface area contributed by atoms with Gasteiger partial charge in [-0.15, -0.1) is 0 Å². The van der Waals surface area contributed by atoms with E-state index < -0.39 is 12.4 Å². The number of alkyl halides is 2. The van der Waals surface area contributed by atoms with Crippen LogP contribution >= 0.6 is 15.9 Å². The molecule has 6 heteroatoms. The lowest BCUT2D eigenvalue weighted by Crippen LogP contribution is -2.09. The summed E-state index contributed by atoms with van der Waals surface area (Å²) >= 11 is 3.08. The van der Waals surface area contributed by atoms with Crippen LogP contribution in [0.1, 0.15) is 30.0 Å². The van der Waals surface area contributed by atoms with Crippen LogP contribution in [-0.4, -0.2) is 12.6 Å². The van der Waals surface area contributed by atoms with E-state index in [0.717, 1.165) is 6.07 Å². The number of hydrogen-bond donors (Lipinski definition) is 0. The van der Waals surface area contributed by atoms with Gasteiger partial charge in [-0.2, -0.15) is 5.26 Å². The summed E-state index contributed by atoms with van der Waals surface area (Å²) in [5, 5.41) is 8.88. The molecular formula is C12H10BrF2NO2. The van der Waals surface area contributed by atoms with Crippen LogP contribution in [0.5, 0.6) is 0 Å². The average Bonchev–Trinajstić information content (AvgIpc) is 2.31. The van der Waals surface area contributed by atoms with Gasteiger partial charge in [-0.3, -0.25) is 4.79 Å². The smallest absolute Gasteiger partial charge is 0.310 e. The van der Waals surface area contributed by atoms with Crippen LogP contribution in [0.15, 0.2) is 16.6 Å². The third-order valence-electron chi connectivity index (χ3n) is 2.24. The van der Waals surface area contributed by atoms with Gasteiger partial charge < -0.3 is 4.74 Å². The van der Waals surface area contributed by atoms with Crippen LogP contribution in [0, 0.1) is 11.3 Å². The summed E-state index contributed by atoms with van der Waals surface area (Å²) in [6, 6.07) is 4.26. The quantitative estimate of drug-likeness (QED) is 0.800. The van der Waals surface area contributed by atoms with Gasteiger partial charge in [0.25, 0.3) is 6.43 Å². The third-order valence-corrected chi connectivity index (χ3v) is 3.15. The Kier molecular flexibility index (Phi) is 5.23. The van der Waals surface area contributed by atoms with Crippen LogP contribution in [0.25, 0.3) is 0 Å². The highest BCUT2D eigenvalue weighted by molar-refractivity contribution is 9.10. The number of carbonyl (C=O) groups is 1. The van der Waals surface area contributed by atoms with Gasteiger partial charge >= 0.3 is 5.97 Å². The largest absolute Gasteiger partial charge is 0.466 e. The molecule has 0 heterocycles. The number of ether oxygens (including phenoxy) is 1. The zero-order valence-corrected chi connectivity index (χ0v) is 11.1. The van der Waals surface area contributed by atoms with E-state index in [2.05, 4.69) is 15.9 Å². The SMILES string of the molecule is CCOC(=O)Cc1ccc(C(F)F)c(C#N)c1Br. The van der Waals surface area contributed by atoms with E-state index >= 15 is 0 Å². The third kappa shape index (κ3) is 3.26. The van der Waals surface area contributed by atoms with Crippen molar-refractivity contribution in [1.29, 1.82) is 5.26 Å². The van der Waals surface area contributed by atoms with E-state index in [1.165, 1.54) is 6.07 Å². The molecule has 0 N–H and O–H groups in total. The standard InChI is InChI=1S/C12H10BrF2NO2/c1-2-18-10(17)5-7-3-4-8(12(14)15)9(6-16)11(7)13/h3-4,12H,2,5H2,1H3. The Balaban J connectivity index is 3.11. The van der Waals surface area contributed by atoms with Crippen molar-refractivity contribution < 1.29 is 18.3 Å². The molecule has 0 aliphatic heterocycles. The molecule has 0 unspecified atom stereocenters. The normalized spacial score (nSPS) is 10.2. The number of esters is 1. The van der Waals surface area contributed by atoms with Gasteiger partial charge in [-0.1, -0.05) is 12.1 Å². The Hall–Kier alpha value is -1.48. The van der Waals surface area contributed by atoms with Crippen LogP contribution in [0.4, 0.5) is 8.78 Å². The van der Waals surface area contributed by atoms with E-state index in [1.807, 2.05) is 0 Å². The Bertz CT molecular complexity index is 498. The van der Waals surface area contributed by atoms with Gasteiger partial charge in [0.05, 0.1) is 18.6 Å². The molecule has 1 aromatic rings. The van der Waals surface area contributed by atoms with Crippen LogP contribution in [0.2, 0.25) is 0 Å². The van der Waals surface area contributed by atoms with Gasteiger partial charge in [0, 0.05) is 10.0 Å². The Labute approximate surface area is 111 Å². The number of rotatable bonds is 4. The predicted octanol–water partition coefficient (Wildman–Crippen LogP) is 3.36. The van der Waals surface area contributed by atoms with Crippen LogP contribution in [-0.2, 0) is 16.0 Å². The predicted molar refractivity (Wildman–Crippen MR) is 64.2 cm³/mol. The van der Waals surface area contributed by atoms with Crippen LogP contribution < -0.4 is 0 Å².